The molecule has 1 aliphatic rings. The maximum absolute atomic E-state index is 10.2. The molecule has 2 heterocycles. The molecule has 3 aromatic rings. The van der Waals surface area contributed by atoms with Gasteiger partial charge in [0.05, 0.1) is 11.0 Å². The Bertz CT molecular complexity index is 912. The van der Waals surface area contributed by atoms with E-state index < -0.39 is 5.60 Å². The van der Waals surface area contributed by atoms with Crippen molar-refractivity contribution in [2.75, 3.05) is 0 Å². The van der Waals surface area contributed by atoms with Crippen LogP contribution in [0.4, 0.5) is 0 Å². The summed E-state index contributed by atoms with van der Waals surface area (Å²) in [6.07, 6.45) is 4.24. The fourth-order valence-electron chi connectivity index (χ4n) is 3.68. The minimum absolute atomic E-state index is 0.0485. The number of fused-ring (bicyclic) bond motifs is 1. The lowest BCUT2D eigenvalue weighted by molar-refractivity contribution is 0.0786. The van der Waals surface area contributed by atoms with Gasteiger partial charge in [0.2, 0.25) is 0 Å². The van der Waals surface area contributed by atoms with E-state index in [9.17, 15) is 5.11 Å². The summed E-state index contributed by atoms with van der Waals surface area (Å²) in [7, 11) is 0. The second-order valence-corrected chi connectivity index (χ2v) is 8.05. The molecule has 1 aliphatic carbocycles. The third-order valence-electron chi connectivity index (χ3n) is 5.41. The highest BCUT2D eigenvalue weighted by atomic mass is 16.3. The summed E-state index contributed by atoms with van der Waals surface area (Å²) >= 11 is 0. The lowest BCUT2D eigenvalue weighted by atomic mass is 9.91. The Labute approximate surface area is 148 Å². The fraction of sp³-hybridized carbons (Fsp3) is 0.429. The van der Waals surface area contributed by atoms with Crippen LogP contribution in [0.15, 0.2) is 42.6 Å². The van der Waals surface area contributed by atoms with Crippen LogP contribution in [0, 0.1) is 0 Å². The van der Waals surface area contributed by atoms with Gasteiger partial charge >= 0.3 is 0 Å². The van der Waals surface area contributed by atoms with E-state index in [1.807, 2.05) is 26.0 Å². The zero-order valence-corrected chi connectivity index (χ0v) is 15.3. The molecule has 0 spiro atoms. The Morgan fingerprint density at radius 3 is 2.32 bits per heavy atom. The van der Waals surface area contributed by atoms with Gasteiger partial charge in [-0.05, 0) is 55.4 Å². The summed E-state index contributed by atoms with van der Waals surface area (Å²) in [5.74, 6) is 1.45. The standard InChI is InChI=1S/C21H25N3O/c1-14(2)17-6-5-13-24-18(17)22-23-19(24)21(11-12-21)16-9-7-15(8-10-16)20(3,4)25/h5-10,13-14,25H,11-12H2,1-4H3. The molecule has 1 fully saturated rings. The van der Waals surface area contributed by atoms with Gasteiger partial charge in [-0.2, -0.15) is 0 Å². The third-order valence-corrected chi connectivity index (χ3v) is 5.41. The highest BCUT2D eigenvalue weighted by molar-refractivity contribution is 5.52. The van der Waals surface area contributed by atoms with E-state index in [0.29, 0.717) is 5.92 Å². The fourth-order valence-corrected chi connectivity index (χ4v) is 3.68. The van der Waals surface area contributed by atoms with Crippen LogP contribution in [0.2, 0.25) is 0 Å². The summed E-state index contributed by atoms with van der Waals surface area (Å²) in [6, 6.07) is 12.5. The van der Waals surface area contributed by atoms with Gasteiger partial charge in [0.15, 0.2) is 5.65 Å². The predicted molar refractivity (Wildman–Crippen MR) is 98.8 cm³/mol. The molecule has 1 saturated carbocycles. The van der Waals surface area contributed by atoms with Gasteiger partial charge in [0.1, 0.15) is 5.82 Å². The van der Waals surface area contributed by atoms with E-state index >= 15 is 0 Å². The quantitative estimate of drug-likeness (QED) is 0.779. The lowest BCUT2D eigenvalue weighted by Gasteiger charge is -2.20. The number of hydrogen-bond donors (Lipinski definition) is 1. The molecular weight excluding hydrogens is 310 g/mol. The summed E-state index contributed by atoms with van der Waals surface area (Å²) in [5.41, 5.74) is 3.52. The molecule has 2 aromatic heterocycles. The van der Waals surface area contributed by atoms with Crippen LogP contribution < -0.4 is 0 Å². The SMILES string of the molecule is CC(C)c1cccn2c(C3(c4ccc(C(C)(C)O)cc4)CC3)nnc12. The van der Waals surface area contributed by atoms with Crippen molar-refractivity contribution in [3.8, 4) is 0 Å². The maximum Gasteiger partial charge on any atom is 0.164 e. The molecule has 1 N–H and O–H groups in total. The predicted octanol–water partition coefficient (Wildman–Crippen LogP) is 4.16. The van der Waals surface area contributed by atoms with Crippen molar-refractivity contribution in [2.24, 2.45) is 0 Å². The van der Waals surface area contributed by atoms with Crippen molar-refractivity contribution in [1.29, 1.82) is 0 Å². The van der Waals surface area contributed by atoms with E-state index in [2.05, 4.69) is 58.9 Å². The third kappa shape index (κ3) is 2.56. The van der Waals surface area contributed by atoms with Crippen molar-refractivity contribution in [2.45, 2.75) is 57.5 Å². The molecule has 4 heteroatoms. The largest absolute Gasteiger partial charge is 0.386 e. The van der Waals surface area contributed by atoms with E-state index in [0.717, 1.165) is 29.9 Å². The van der Waals surface area contributed by atoms with E-state index in [4.69, 9.17) is 0 Å². The van der Waals surface area contributed by atoms with Crippen molar-refractivity contribution < 1.29 is 5.11 Å². The molecule has 25 heavy (non-hydrogen) atoms. The Kier molecular flexibility index (Phi) is 3.51. The van der Waals surface area contributed by atoms with Crippen LogP contribution in [-0.2, 0) is 11.0 Å². The topological polar surface area (TPSA) is 50.4 Å². The van der Waals surface area contributed by atoms with Crippen LogP contribution in [-0.4, -0.2) is 19.7 Å². The molecule has 130 valence electrons. The smallest absolute Gasteiger partial charge is 0.164 e. The lowest BCUT2D eigenvalue weighted by Crippen LogP contribution is -2.17. The van der Waals surface area contributed by atoms with Crippen molar-refractivity contribution in [1.82, 2.24) is 14.6 Å². The second kappa shape index (κ2) is 5.40. The van der Waals surface area contributed by atoms with E-state index in [1.54, 1.807) is 0 Å². The second-order valence-electron chi connectivity index (χ2n) is 8.05. The normalized spacial score (nSPS) is 16.6. The summed E-state index contributed by atoms with van der Waals surface area (Å²) in [6.45, 7) is 8.00. The summed E-state index contributed by atoms with van der Waals surface area (Å²) < 4.78 is 2.16. The van der Waals surface area contributed by atoms with Gasteiger partial charge in [-0.1, -0.05) is 44.2 Å². The van der Waals surface area contributed by atoms with Gasteiger partial charge in [-0.15, -0.1) is 10.2 Å². The van der Waals surface area contributed by atoms with Crippen LogP contribution in [0.5, 0.6) is 0 Å². The average molecular weight is 335 g/mol. The molecule has 0 radical (unpaired) electrons. The van der Waals surface area contributed by atoms with Gasteiger partial charge in [-0.25, -0.2) is 0 Å². The zero-order chi connectivity index (χ0) is 17.8. The molecular formula is C21H25N3O. The molecule has 0 saturated heterocycles. The van der Waals surface area contributed by atoms with Crippen LogP contribution in [0.25, 0.3) is 5.65 Å². The van der Waals surface area contributed by atoms with Crippen LogP contribution >= 0.6 is 0 Å². The number of nitrogens with zero attached hydrogens (tertiary/aromatic N) is 3. The molecule has 0 bridgehead atoms. The monoisotopic (exact) mass is 335 g/mol. The Balaban J connectivity index is 1.79. The number of aliphatic hydroxyl groups is 1. The minimum atomic E-state index is -0.816. The first-order valence-electron chi connectivity index (χ1n) is 9.00. The molecule has 4 nitrogen and oxygen atoms in total. The molecule has 0 unspecified atom stereocenters. The summed E-state index contributed by atoms with van der Waals surface area (Å²) in [5, 5.41) is 19.3. The van der Waals surface area contributed by atoms with Crippen LogP contribution in [0.3, 0.4) is 0 Å². The molecule has 1 aromatic carbocycles. The van der Waals surface area contributed by atoms with Gasteiger partial charge in [-0.3, -0.25) is 4.40 Å². The van der Waals surface area contributed by atoms with Gasteiger partial charge in [0.25, 0.3) is 0 Å². The number of rotatable bonds is 4. The highest BCUT2D eigenvalue weighted by Gasteiger charge is 2.49. The average Bonchev–Trinajstić information content (AvgIpc) is 3.26. The molecule has 4 rings (SSSR count). The van der Waals surface area contributed by atoms with E-state index in [1.165, 1.54) is 11.1 Å². The Morgan fingerprint density at radius 1 is 1.08 bits per heavy atom. The highest BCUT2D eigenvalue weighted by Crippen LogP contribution is 2.53. The molecule has 0 atom stereocenters. The number of hydrogen-bond acceptors (Lipinski definition) is 3. The van der Waals surface area contributed by atoms with Crippen molar-refractivity contribution in [3.63, 3.8) is 0 Å². The summed E-state index contributed by atoms with van der Waals surface area (Å²) in [4.78, 5) is 0. The Morgan fingerprint density at radius 2 is 1.76 bits per heavy atom. The van der Waals surface area contributed by atoms with E-state index in [-0.39, 0.29) is 5.41 Å². The van der Waals surface area contributed by atoms with Crippen molar-refractivity contribution in [3.05, 3.63) is 65.1 Å². The van der Waals surface area contributed by atoms with Gasteiger partial charge in [0, 0.05) is 6.20 Å². The number of aromatic nitrogens is 3. The first kappa shape index (κ1) is 16.3. The number of benzene rings is 1. The maximum atomic E-state index is 10.2. The first-order chi connectivity index (χ1) is 11.8. The molecule has 0 amide bonds. The Hall–Kier alpha value is -2.20. The number of pyridine rings is 1. The van der Waals surface area contributed by atoms with Gasteiger partial charge < -0.3 is 5.11 Å². The first-order valence-corrected chi connectivity index (χ1v) is 9.00. The van der Waals surface area contributed by atoms with Crippen LogP contribution in [0.1, 0.15) is 69.0 Å². The minimum Gasteiger partial charge on any atom is -0.386 e. The zero-order valence-electron chi connectivity index (χ0n) is 15.3. The van der Waals surface area contributed by atoms with Crippen molar-refractivity contribution >= 4 is 5.65 Å². The molecule has 0 aliphatic heterocycles.